The molecular formula is C17H25N5O3. The van der Waals surface area contributed by atoms with Crippen LogP contribution in [0.15, 0.2) is 6.33 Å². The number of aromatic nitrogens is 4. The molecule has 136 valence electrons. The molecule has 4 aliphatic carbocycles. The maximum Gasteiger partial charge on any atom is 0.328 e. The van der Waals surface area contributed by atoms with Crippen LogP contribution >= 0.6 is 0 Å². The van der Waals surface area contributed by atoms with Crippen molar-refractivity contribution in [2.24, 2.45) is 23.2 Å². The topological polar surface area (TPSA) is 99.0 Å². The molecule has 8 heteroatoms. The Balaban J connectivity index is 1.27. The first-order chi connectivity index (χ1) is 12.0. The van der Waals surface area contributed by atoms with Crippen molar-refractivity contribution in [2.75, 3.05) is 6.61 Å². The van der Waals surface area contributed by atoms with Crippen molar-refractivity contribution in [1.82, 2.24) is 25.5 Å². The maximum absolute atomic E-state index is 12.2. The van der Waals surface area contributed by atoms with Crippen molar-refractivity contribution in [3.05, 3.63) is 6.33 Å². The number of rotatable bonds is 6. The summed E-state index contributed by atoms with van der Waals surface area (Å²) in [5, 5.41) is 13.6. The zero-order chi connectivity index (χ0) is 17.4. The van der Waals surface area contributed by atoms with Gasteiger partial charge in [-0.25, -0.2) is 4.68 Å². The number of amides is 1. The number of nitrogens with zero attached hydrogens (tertiary/aromatic N) is 4. The number of carbonyl (C=O) groups is 2. The molecule has 8 nitrogen and oxygen atoms in total. The molecule has 0 spiro atoms. The van der Waals surface area contributed by atoms with E-state index < -0.39 is 5.97 Å². The van der Waals surface area contributed by atoms with E-state index in [9.17, 15) is 9.59 Å². The van der Waals surface area contributed by atoms with Crippen LogP contribution in [-0.4, -0.2) is 44.7 Å². The van der Waals surface area contributed by atoms with E-state index in [1.165, 1.54) is 49.5 Å². The molecule has 4 fully saturated rings. The lowest BCUT2D eigenvalue weighted by molar-refractivity contribution is -0.150. The standard InChI is InChI=1S/C17H25N5O3/c1-11(17-5-12-2-13(6-17)4-14(3-12)7-17)19-15(23)9-25-16(24)8-22-10-18-20-21-22/h10-14H,2-9H2,1H3,(H,19,23). The molecule has 1 amide bonds. The molecule has 0 radical (unpaired) electrons. The second-order valence-electron chi connectivity index (χ2n) is 8.24. The SMILES string of the molecule is CC(NC(=O)COC(=O)Cn1cnnn1)C12CC3CC(CC(C3)C1)C2. The van der Waals surface area contributed by atoms with E-state index in [0.717, 1.165) is 17.8 Å². The van der Waals surface area contributed by atoms with Crippen LogP contribution in [0.25, 0.3) is 0 Å². The van der Waals surface area contributed by atoms with E-state index in [4.69, 9.17) is 4.74 Å². The fraction of sp³-hybridized carbons (Fsp3) is 0.824. The Morgan fingerprint density at radius 1 is 1.24 bits per heavy atom. The van der Waals surface area contributed by atoms with Gasteiger partial charge in [0.15, 0.2) is 6.61 Å². The van der Waals surface area contributed by atoms with Gasteiger partial charge in [0.05, 0.1) is 0 Å². The second kappa shape index (κ2) is 6.38. The van der Waals surface area contributed by atoms with Crippen LogP contribution in [0.3, 0.4) is 0 Å². The zero-order valence-electron chi connectivity index (χ0n) is 14.6. The number of hydrogen-bond acceptors (Lipinski definition) is 6. The first-order valence-corrected chi connectivity index (χ1v) is 9.18. The fourth-order valence-electron chi connectivity index (χ4n) is 5.72. The summed E-state index contributed by atoms with van der Waals surface area (Å²) in [6.45, 7) is 1.77. The molecular weight excluding hydrogens is 322 g/mol. The predicted molar refractivity (Wildman–Crippen MR) is 87.0 cm³/mol. The minimum Gasteiger partial charge on any atom is -0.454 e. The summed E-state index contributed by atoms with van der Waals surface area (Å²) in [6, 6.07) is 0.131. The van der Waals surface area contributed by atoms with Gasteiger partial charge in [-0.1, -0.05) is 0 Å². The molecule has 1 aromatic rings. The predicted octanol–water partition coefficient (Wildman–Crippen LogP) is 0.937. The lowest BCUT2D eigenvalue weighted by atomic mass is 9.48. The van der Waals surface area contributed by atoms with Gasteiger partial charge in [-0.15, -0.1) is 5.10 Å². The van der Waals surface area contributed by atoms with Gasteiger partial charge in [0, 0.05) is 6.04 Å². The highest BCUT2D eigenvalue weighted by molar-refractivity contribution is 5.80. The number of nitrogens with one attached hydrogen (secondary N) is 1. The smallest absolute Gasteiger partial charge is 0.328 e. The van der Waals surface area contributed by atoms with E-state index >= 15 is 0 Å². The molecule has 1 unspecified atom stereocenters. The highest BCUT2D eigenvalue weighted by atomic mass is 16.5. The van der Waals surface area contributed by atoms with Gasteiger partial charge >= 0.3 is 5.97 Å². The van der Waals surface area contributed by atoms with E-state index in [1.54, 1.807) is 0 Å². The number of tetrazole rings is 1. The highest BCUT2D eigenvalue weighted by Crippen LogP contribution is 2.61. The molecule has 4 saturated carbocycles. The molecule has 1 aromatic heterocycles. The van der Waals surface area contributed by atoms with Gasteiger partial charge in [-0.05, 0) is 79.0 Å². The normalized spacial score (nSPS) is 33.9. The van der Waals surface area contributed by atoms with E-state index in [-0.39, 0.29) is 30.5 Å². The Morgan fingerprint density at radius 2 is 1.88 bits per heavy atom. The third-order valence-corrected chi connectivity index (χ3v) is 6.43. The summed E-state index contributed by atoms with van der Waals surface area (Å²) in [4.78, 5) is 23.9. The van der Waals surface area contributed by atoms with Crippen molar-refractivity contribution in [1.29, 1.82) is 0 Å². The zero-order valence-corrected chi connectivity index (χ0v) is 14.6. The van der Waals surface area contributed by atoms with Gasteiger partial charge in [0.1, 0.15) is 12.9 Å². The van der Waals surface area contributed by atoms with Crippen molar-refractivity contribution < 1.29 is 14.3 Å². The van der Waals surface area contributed by atoms with E-state index in [0.29, 0.717) is 0 Å². The first kappa shape index (κ1) is 16.5. The summed E-state index contributed by atoms with van der Waals surface area (Å²) in [6.07, 6.45) is 9.19. The van der Waals surface area contributed by atoms with Crippen LogP contribution < -0.4 is 5.32 Å². The third kappa shape index (κ3) is 3.39. The van der Waals surface area contributed by atoms with Gasteiger partial charge in [0.25, 0.3) is 5.91 Å². The van der Waals surface area contributed by atoms with Gasteiger partial charge in [-0.2, -0.15) is 0 Å². The quantitative estimate of drug-likeness (QED) is 0.769. The minimum absolute atomic E-state index is 0.0924. The van der Waals surface area contributed by atoms with Crippen LogP contribution in [0.2, 0.25) is 0 Å². The van der Waals surface area contributed by atoms with Gasteiger partial charge in [-0.3, -0.25) is 9.59 Å². The third-order valence-electron chi connectivity index (χ3n) is 6.43. The Hall–Kier alpha value is -1.99. The van der Waals surface area contributed by atoms with Crippen LogP contribution in [0.5, 0.6) is 0 Å². The molecule has 5 rings (SSSR count). The lowest BCUT2D eigenvalue weighted by Gasteiger charge is -2.59. The summed E-state index contributed by atoms with van der Waals surface area (Å²) in [5.41, 5.74) is 0.251. The molecule has 4 bridgehead atoms. The molecule has 4 aliphatic rings. The monoisotopic (exact) mass is 347 g/mol. The van der Waals surface area contributed by atoms with Crippen LogP contribution in [0, 0.1) is 23.2 Å². The number of esters is 1. The average Bonchev–Trinajstić information content (AvgIpc) is 3.04. The summed E-state index contributed by atoms with van der Waals surface area (Å²) in [7, 11) is 0. The Bertz CT molecular complexity index is 609. The van der Waals surface area contributed by atoms with Crippen molar-refractivity contribution in [3.63, 3.8) is 0 Å². The number of ether oxygens (including phenoxy) is 1. The van der Waals surface area contributed by atoms with E-state index in [2.05, 4.69) is 27.8 Å². The van der Waals surface area contributed by atoms with Crippen LogP contribution in [-0.2, 0) is 20.9 Å². The number of hydrogen-bond donors (Lipinski definition) is 1. The van der Waals surface area contributed by atoms with Crippen LogP contribution in [0.4, 0.5) is 0 Å². The Labute approximate surface area is 146 Å². The lowest BCUT2D eigenvalue weighted by Crippen LogP contribution is -2.56. The Kier molecular flexibility index (Phi) is 4.21. The molecule has 0 aliphatic heterocycles. The average molecular weight is 347 g/mol. The van der Waals surface area contributed by atoms with Crippen molar-refractivity contribution in [2.45, 2.75) is 58.0 Å². The molecule has 0 saturated heterocycles. The molecule has 25 heavy (non-hydrogen) atoms. The summed E-state index contributed by atoms with van der Waals surface area (Å²) < 4.78 is 6.29. The minimum atomic E-state index is -0.523. The van der Waals surface area contributed by atoms with Gasteiger partial charge in [0.2, 0.25) is 0 Å². The molecule has 1 atom stereocenters. The highest BCUT2D eigenvalue weighted by Gasteiger charge is 2.53. The molecule has 1 N–H and O–H groups in total. The van der Waals surface area contributed by atoms with E-state index in [1.807, 2.05) is 0 Å². The first-order valence-electron chi connectivity index (χ1n) is 9.18. The van der Waals surface area contributed by atoms with Crippen molar-refractivity contribution >= 4 is 11.9 Å². The largest absolute Gasteiger partial charge is 0.454 e. The summed E-state index contributed by atoms with van der Waals surface area (Å²) in [5.74, 6) is 1.79. The Morgan fingerprint density at radius 3 is 2.44 bits per heavy atom. The molecule has 1 heterocycles. The van der Waals surface area contributed by atoms with Gasteiger partial charge < -0.3 is 10.1 Å². The van der Waals surface area contributed by atoms with Crippen molar-refractivity contribution in [3.8, 4) is 0 Å². The maximum atomic E-state index is 12.2. The number of carbonyl (C=O) groups excluding carboxylic acids is 2. The van der Waals surface area contributed by atoms with Crippen LogP contribution in [0.1, 0.15) is 45.4 Å². The second-order valence-corrected chi connectivity index (χ2v) is 8.24. The summed E-state index contributed by atoms with van der Waals surface area (Å²) >= 11 is 0. The fourth-order valence-corrected chi connectivity index (χ4v) is 5.72. The molecule has 0 aromatic carbocycles.